The number of hydrogen-bond donors (Lipinski definition) is 3. The molecule has 164 valence electrons. The minimum Gasteiger partial charge on any atom is -0.492 e. The van der Waals surface area contributed by atoms with Gasteiger partial charge in [0.15, 0.2) is 0 Å². The number of rotatable bonds is 9. The van der Waals surface area contributed by atoms with Crippen LogP contribution in [0.3, 0.4) is 0 Å². The maximum Gasteiger partial charge on any atom is 0.262 e. The maximum atomic E-state index is 13.0. The highest BCUT2D eigenvalue weighted by Gasteiger charge is 2.23. The number of amides is 2. The van der Waals surface area contributed by atoms with E-state index in [1.54, 1.807) is 6.07 Å². The Hall–Kier alpha value is -3.58. The Morgan fingerprint density at radius 1 is 1.09 bits per heavy atom. The summed E-state index contributed by atoms with van der Waals surface area (Å²) in [6, 6.07) is 18.5. The molecule has 4 rings (SSSR count). The average Bonchev–Trinajstić information content (AvgIpc) is 3.47. The molecule has 0 bridgehead atoms. The molecule has 32 heavy (non-hydrogen) atoms. The lowest BCUT2D eigenvalue weighted by atomic mass is 10.0. The number of carbonyl (C=O) groups excluding carboxylic acids is 2. The molecule has 2 aromatic carbocycles. The largest absolute Gasteiger partial charge is 0.492 e. The van der Waals surface area contributed by atoms with Crippen LogP contribution in [0.2, 0.25) is 0 Å². The van der Waals surface area contributed by atoms with E-state index >= 15 is 0 Å². The quantitative estimate of drug-likeness (QED) is 0.338. The van der Waals surface area contributed by atoms with Crippen LogP contribution in [-0.4, -0.2) is 36.0 Å². The summed E-state index contributed by atoms with van der Waals surface area (Å²) in [5.74, 6) is 0.268. The Morgan fingerprint density at radius 2 is 1.97 bits per heavy atom. The molecule has 0 unspecified atom stereocenters. The molecule has 2 heterocycles. The van der Waals surface area contributed by atoms with Crippen molar-refractivity contribution < 1.29 is 14.3 Å². The van der Waals surface area contributed by atoms with Gasteiger partial charge >= 0.3 is 0 Å². The lowest BCUT2D eigenvalue weighted by Crippen LogP contribution is -2.48. The van der Waals surface area contributed by atoms with Crippen LogP contribution in [0, 0.1) is 6.92 Å². The molecule has 0 saturated carbocycles. The lowest BCUT2D eigenvalue weighted by molar-refractivity contribution is -0.123. The second kappa shape index (κ2) is 10.2. The summed E-state index contributed by atoms with van der Waals surface area (Å²) >= 11 is 1.35. The van der Waals surface area contributed by atoms with Gasteiger partial charge in [0.1, 0.15) is 18.4 Å². The van der Waals surface area contributed by atoms with Crippen molar-refractivity contribution in [3.8, 4) is 5.75 Å². The van der Waals surface area contributed by atoms with E-state index in [0.29, 0.717) is 24.4 Å². The smallest absolute Gasteiger partial charge is 0.262 e. The number of aromatic amines is 1. The van der Waals surface area contributed by atoms with Crippen molar-refractivity contribution in [3.63, 3.8) is 0 Å². The maximum absolute atomic E-state index is 13.0. The predicted molar refractivity (Wildman–Crippen MR) is 127 cm³/mol. The van der Waals surface area contributed by atoms with Gasteiger partial charge < -0.3 is 20.4 Å². The monoisotopic (exact) mass is 447 g/mol. The number of para-hydroxylation sites is 1. The van der Waals surface area contributed by atoms with Gasteiger partial charge in [0.25, 0.3) is 5.91 Å². The Bertz CT molecular complexity index is 1200. The summed E-state index contributed by atoms with van der Waals surface area (Å²) in [6.07, 6.45) is 2.27. The number of H-pyrrole nitrogens is 1. The molecule has 0 fully saturated rings. The third-order valence-electron chi connectivity index (χ3n) is 5.13. The number of fused-ring (bicyclic) bond motifs is 1. The normalized spacial score (nSPS) is 11.8. The summed E-state index contributed by atoms with van der Waals surface area (Å²) < 4.78 is 5.72. The first-order valence-corrected chi connectivity index (χ1v) is 11.3. The molecule has 2 amide bonds. The fourth-order valence-electron chi connectivity index (χ4n) is 3.54. The summed E-state index contributed by atoms with van der Waals surface area (Å²) in [6.45, 7) is 2.68. The minimum absolute atomic E-state index is 0.243. The third-order valence-corrected chi connectivity index (χ3v) is 5.99. The van der Waals surface area contributed by atoms with Crippen LogP contribution in [0.4, 0.5) is 0 Å². The molecule has 6 nitrogen and oxygen atoms in total. The van der Waals surface area contributed by atoms with Crippen LogP contribution in [-0.2, 0) is 11.2 Å². The first-order valence-electron chi connectivity index (χ1n) is 10.5. The SMILES string of the molecule is Cc1cccc(OCCNC(=O)[C@H](Cc2c[nH]c3ccccc23)NC(=O)c2cccs2)c1. The topological polar surface area (TPSA) is 83.2 Å². The molecule has 3 N–H and O–H groups in total. The number of nitrogens with one attached hydrogen (secondary N) is 3. The minimum atomic E-state index is -0.706. The molecule has 0 saturated heterocycles. The van der Waals surface area contributed by atoms with Crippen molar-refractivity contribution in [2.75, 3.05) is 13.2 Å². The van der Waals surface area contributed by atoms with Gasteiger partial charge in [-0.25, -0.2) is 0 Å². The first kappa shape index (κ1) is 21.6. The van der Waals surface area contributed by atoms with E-state index in [1.807, 2.05) is 73.1 Å². The molecule has 0 radical (unpaired) electrons. The average molecular weight is 448 g/mol. The molecular formula is C25H25N3O3S. The summed E-state index contributed by atoms with van der Waals surface area (Å²) in [4.78, 5) is 29.4. The van der Waals surface area contributed by atoms with Crippen molar-refractivity contribution in [2.45, 2.75) is 19.4 Å². The van der Waals surface area contributed by atoms with Gasteiger partial charge in [0, 0.05) is 23.5 Å². The molecule has 4 aromatic rings. The molecule has 0 aliphatic carbocycles. The summed E-state index contributed by atoms with van der Waals surface area (Å²) in [7, 11) is 0. The zero-order valence-electron chi connectivity index (χ0n) is 17.8. The fraction of sp³-hybridized carbons (Fsp3) is 0.200. The summed E-state index contributed by atoms with van der Waals surface area (Å²) in [5.41, 5.74) is 3.09. The Morgan fingerprint density at radius 3 is 2.78 bits per heavy atom. The van der Waals surface area contributed by atoms with E-state index in [2.05, 4.69) is 15.6 Å². The van der Waals surface area contributed by atoms with E-state index in [-0.39, 0.29) is 11.8 Å². The van der Waals surface area contributed by atoms with Gasteiger partial charge in [-0.15, -0.1) is 11.3 Å². The van der Waals surface area contributed by atoms with Gasteiger partial charge in [0.05, 0.1) is 11.4 Å². The highest BCUT2D eigenvalue weighted by atomic mass is 32.1. The molecule has 2 aromatic heterocycles. The number of thiophene rings is 1. The van der Waals surface area contributed by atoms with Crippen LogP contribution in [0.15, 0.2) is 72.2 Å². The Labute approximate surface area is 190 Å². The molecular weight excluding hydrogens is 422 g/mol. The molecule has 0 aliphatic rings. The van der Waals surface area contributed by atoms with Gasteiger partial charge in [-0.3, -0.25) is 9.59 Å². The second-order valence-electron chi connectivity index (χ2n) is 7.52. The number of aromatic nitrogens is 1. The van der Waals surface area contributed by atoms with E-state index in [4.69, 9.17) is 4.74 Å². The van der Waals surface area contributed by atoms with Crippen molar-refractivity contribution >= 4 is 34.1 Å². The van der Waals surface area contributed by atoms with E-state index in [1.165, 1.54) is 11.3 Å². The van der Waals surface area contributed by atoms with Crippen LogP contribution in [0.25, 0.3) is 10.9 Å². The molecule has 0 spiro atoms. The number of ether oxygens (including phenoxy) is 1. The zero-order chi connectivity index (χ0) is 22.3. The van der Waals surface area contributed by atoms with E-state index < -0.39 is 6.04 Å². The van der Waals surface area contributed by atoms with Gasteiger partial charge in [-0.1, -0.05) is 36.4 Å². The zero-order valence-corrected chi connectivity index (χ0v) is 18.6. The predicted octanol–water partition coefficient (Wildman–Crippen LogP) is 4.07. The second-order valence-corrected chi connectivity index (χ2v) is 8.47. The lowest BCUT2D eigenvalue weighted by Gasteiger charge is -2.18. The van der Waals surface area contributed by atoms with Gasteiger partial charge in [0.2, 0.25) is 5.91 Å². The Balaban J connectivity index is 1.41. The van der Waals surface area contributed by atoms with Crippen LogP contribution < -0.4 is 15.4 Å². The highest BCUT2D eigenvalue weighted by molar-refractivity contribution is 7.12. The summed E-state index contributed by atoms with van der Waals surface area (Å²) in [5, 5.41) is 8.67. The van der Waals surface area contributed by atoms with Crippen LogP contribution >= 0.6 is 11.3 Å². The van der Waals surface area contributed by atoms with Gasteiger partial charge in [-0.05, 0) is 47.7 Å². The van der Waals surface area contributed by atoms with Crippen LogP contribution in [0.1, 0.15) is 20.8 Å². The standard InChI is InChI=1S/C25H25N3O3S/c1-17-6-4-7-19(14-17)31-12-11-26-24(29)22(28-25(30)23-10-5-13-32-23)15-18-16-27-21-9-3-2-8-20(18)21/h2-10,13-14,16,22,27H,11-12,15H2,1H3,(H,26,29)(H,28,30)/t22-/m0/s1. The van der Waals surface area contributed by atoms with Crippen molar-refractivity contribution in [2.24, 2.45) is 0 Å². The molecule has 7 heteroatoms. The van der Waals surface area contributed by atoms with Crippen molar-refractivity contribution in [1.29, 1.82) is 0 Å². The van der Waals surface area contributed by atoms with E-state index in [0.717, 1.165) is 27.8 Å². The van der Waals surface area contributed by atoms with Crippen LogP contribution in [0.5, 0.6) is 5.75 Å². The number of benzene rings is 2. The van der Waals surface area contributed by atoms with E-state index in [9.17, 15) is 9.59 Å². The number of hydrogen-bond acceptors (Lipinski definition) is 4. The number of aryl methyl sites for hydroxylation is 1. The Kier molecular flexibility index (Phi) is 6.87. The molecule has 1 atom stereocenters. The third kappa shape index (κ3) is 5.36. The van der Waals surface area contributed by atoms with Crippen molar-refractivity contribution in [1.82, 2.24) is 15.6 Å². The van der Waals surface area contributed by atoms with Gasteiger partial charge in [-0.2, -0.15) is 0 Å². The van der Waals surface area contributed by atoms with Crippen molar-refractivity contribution in [3.05, 3.63) is 88.2 Å². The number of carbonyl (C=O) groups is 2. The fourth-order valence-corrected chi connectivity index (χ4v) is 4.17. The first-order chi connectivity index (χ1) is 15.6. The molecule has 0 aliphatic heterocycles. The highest BCUT2D eigenvalue weighted by Crippen LogP contribution is 2.19.